The topological polar surface area (TPSA) is 124 Å². The molecule has 1 aliphatic carbocycles. The normalized spacial score (nSPS) is 15.2. The summed E-state index contributed by atoms with van der Waals surface area (Å²) in [7, 11) is -4.03. The SMILES string of the molecule is Nc1cc(S(=O)(=O)c2ncc(C3CCCCC3)nc2Nc2ccccc2)ncn1. The van der Waals surface area contributed by atoms with E-state index in [-0.39, 0.29) is 21.7 Å². The molecule has 0 aliphatic heterocycles. The van der Waals surface area contributed by atoms with Gasteiger partial charge in [-0.05, 0) is 25.0 Å². The molecular weight excluding hydrogens is 388 g/mol. The van der Waals surface area contributed by atoms with Crippen molar-refractivity contribution in [3.05, 3.63) is 54.6 Å². The summed E-state index contributed by atoms with van der Waals surface area (Å²) in [5.74, 6) is 0.554. The number of nitrogen functional groups attached to an aromatic ring is 1. The average molecular weight is 411 g/mol. The van der Waals surface area contributed by atoms with Crippen molar-refractivity contribution < 1.29 is 8.42 Å². The lowest BCUT2D eigenvalue weighted by Crippen LogP contribution is -2.15. The number of sulfone groups is 1. The molecule has 3 aromatic rings. The smallest absolute Gasteiger partial charge is 0.245 e. The highest BCUT2D eigenvalue weighted by molar-refractivity contribution is 7.91. The number of nitrogens with two attached hydrogens (primary N) is 1. The maximum absolute atomic E-state index is 13.2. The maximum atomic E-state index is 13.2. The Hall–Kier alpha value is -3.07. The molecule has 0 radical (unpaired) electrons. The van der Waals surface area contributed by atoms with E-state index in [0.29, 0.717) is 5.92 Å². The molecule has 0 bridgehead atoms. The number of benzene rings is 1. The Kier molecular flexibility index (Phi) is 5.39. The first-order valence-corrected chi connectivity index (χ1v) is 11.0. The molecule has 0 atom stereocenters. The molecule has 0 amide bonds. The molecule has 4 rings (SSSR count). The third kappa shape index (κ3) is 4.19. The van der Waals surface area contributed by atoms with E-state index < -0.39 is 9.84 Å². The van der Waals surface area contributed by atoms with Gasteiger partial charge in [-0.15, -0.1) is 0 Å². The molecule has 150 valence electrons. The molecule has 8 nitrogen and oxygen atoms in total. The quantitative estimate of drug-likeness (QED) is 0.613. The van der Waals surface area contributed by atoms with Crippen molar-refractivity contribution in [3.8, 4) is 0 Å². The van der Waals surface area contributed by atoms with E-state index in [2.05, 4.69) is 25.3 Å². The second kappa shape index (κ2) is 8.12. The molecular formula is C20H22N6O2S. The Bertz CT molecular complexity index is 1100. The molecule has 2 heterocycles. The molecule has 1 aliphatic rings. The minimum absolute atomic E-state index is 0.0722. The third-order valence-corrected chi connectivity index (χ3v) is 6.59. The van der Waals surface area contributed by atoms with Crippen LogP contribution in [-0.4, -0.2) is 28.4 Å². The van der Waals surface area contributed by atoms with Gasteiger partial charge in [0, 0.05) is 17.7 Å². The van der Waals surface area contributed by atoms with E-state index in [1.165, 1.54) is 12.5 Å². The van der Waals surface area contributed by atoms with Gasteiger partial charge >= 0.3 is 0 Å². The van der Waals surface area contributed by atoms with Crippen LogP contribution in [0.4, 0.5) is 17.3 Å². The highest BCUT2D eigenvalue weighted by Crippen LogP contribution is 2.34. The average Bonchev–Trinajstić information content (AvgIpc) is 2.75. The zero-order chi connectivity index (χ0) is 20.3. The second-order valence-corrected chi connectivity index (χ2v) is 8.87. The largest absolute Gasteiger partial charge is 0.384 e. The fraction of sp³-hybridized carbons (Fsp3) is 0.300. The second-order valence-electron chi connectivity index (χ2n) is 7.06. The van der Waals surface area contributed by atoms with E-state index in [1.807, 2.05) is 30.3 Å². The first-order valence-electron chi connectivity index (χ1n) is 9.55. The van der Waals surface area contributed by atoms with Crippen LogP contribution in [0.15, 0.2) is 59.0 Å². The highest BCUT2D eigenvalue weighted by Gasteiger charge is 2.28. The van der Waals surface area contributed by atoms with Crippen LogP contribution in [0.2, 0.25) is 0 Å². The Morgan fingerprint density at radius 2 is 1.76 bits per heavy atom. The van der Waals surface area contributed by atoms with Crippen molar-refractivity contribution in [2.45, 2.75) is 48.1 Å². The van der Waals surface area contributed by atoms with E-state index in [0.717, 1.165) is 43.4 Å². The molecule has 0 unspecified atom stereocenters. The van der Waals surface area contributed by atoms with Gasteiger partial charge in [0.05, 0.1) is 11.9 Å². The van der Waals surface area contributed by atoms with E-state index in [4.69, 9.17) is 5.73 Å². The monoisotopic (exact) mass is 410 g/mol. The fourth-order valence-corrected chi connectivity index (χ4v) is 4.73. The number of hydrogen-bond acceptors (Lipinski definition) is 8. The van der Waals surface area contributed by atoms with Gasteiger partial charge in [0.2, 0.25) is 14.9 Å². The molecule has 9 heteroatoms. The predicted molar refractivity (Wildman–Crippen MR) is 109 cm³/mol. The minimum atomic E-state index is -4.03. The number of rotatable bonds is 5. The Morgan fingerprint density at radius 3 is 2.48 bits per heavy atom. The van der Waals surface area contributed by atoms with Gasteiger partial charge in [-0.1, -0.05) is 37.5 Å². The zero-order valence-corrected chi connectivity index (χ0v) is 16.6. The van der Waals surface area contributed by atoms with Crippen molar-refractivity contribution in [1.82, 2.24) is 19.9 Å². The van der Waals surface area contributed by atoms with Crippen LogP contribution in [0.5, 0.6) is 0 Å². The van der Waals surface area contributed by atoms with Crippen LogP contribution < -0.4 is 11.1 Å². The van der Waals surface area contributed by atoms with Gasteiger partial charge in [-0.25, -0.2) is 28.4 Å². The van der Waals surface area contributed by atoms with Crippen LogP contribution in [0.1, 0.15) is 43.7 Å². The molecule has 1 saturated carbocycles. The predicted octanol–water partition coefficient (Wildman–Crippen LogP) is 3.47. The van der Waals surface area contributed by atoms with Crippen molar-refractivity contribution in [1.29, 1.82) is 0 Å². The summed E-state index contributed by atoms with van der Waals surface area (Å²) in [6.45, 7) is 0. The first-order chi connectivity index (χ1) is 14.0. The van der Waals surface area contributed by atoms with Gasteiger partial charge < -0.3 is 11.1 Å². The lowest BCUT2D eigenvalue weighted by molar-refractivity contribution is 0.435. The molecule has 1 fully saturated rings. The Balaban J connectivity index is 1.79. The van der Waals surface area contributed by atoms with Crippen molar-refractivity contribution in [2.24, 2.45) is 0 Å². The fourth-order valence-electron chi connectivity index (χ4n) is 3.52. The van der Waals surface area contributed by atoms with E-state index in [9.17, 15) is 8.42 Å². The van der Waals surface area contributed by atoms with E-state index >= 15 is 0 Å². The summed E-state index contributed by atoms with van der Waals surface area (Å²) in [6, 6.07) is 10.5. The molecule has 0 saturated heterocycles. The van der Waals surface area contributed by atoms with Crippen molar-refractivity contribution >= 4 is 27.2 Å². The molecule has 29 heavy (non-hydrogen) atoms. The van der Waals surface area contributed by atoms with Crippen LogP contribution in [0.3, 0.4) is 0 Å². The number of hydrogen-bond donors (Lipinski definition) is 2. The first kappa shape index (κ1) is 19.3. The molecule has 2 aromatic heterocycles. The number of anilines is 3. The van der Waals surface area contributed by atoms with Crippen LogP contribution in [-0.2, 0) is 9.84 Å². The van der Waals surface area contributed by atoms with Crippen LogP contribution >= 0.6 is 0 Å². The van der Waals surface area contributed by atoms with E-state index in [1.54, 1.807) is 6.20 Å². The lowest BCUT2D eigenvalue weighted by Gasteiger charge is -2.22. The highest BCUT2D eigenvalue weighted by atomic mass is 32.2. The standard InChI is InChI=1S/C20H22N6O2S/c21-17-11-18(24-13-23-17)29(27,28)20-19(25-15-9-5-2-6-10-15)26-16(12-22-20)14-7-3-1-4-8-14/h2,5-6,9-14H,1,3-4,7-8H2,(H,25,26)(H2,21,23,24). The number of nitrogens with zero attached hydrogens (tertiary/aromatic N) is 4. The summed E-state index contributed by atoms with van der Waals surface area (Å²) >= 11 is 0. The summed E-state index contributed by atoms with van der Waals surface area (Å²) in [5, 5.41) is 2.73. The number of nitrogens with one attached hydrogen (secondary N) is 1. The lowest BCUT2D eigenvalue weighted by atomic mass is 9.87. The Morgan fingerprint density at radius 1 is 1.00 bits per heavy atom. The maximum Gasteiger partial charge on any atom is 0.245 e. The van der Waals surface area contributed by atoms with Crippen LogP contribution in [0, 0.1) is 0 Å². The molecule has 0 spiro atoms. The third-order valence-electron chi connectivity index (χ3n) is 5.01. The Labute approximate surface area is 169 Å². The van der Waals surface area contributed by atoms with Gasteiger partial charge in [0.15, 0.2) is 10.8 Å². The summed E-state index contributed by atoms with van der Waals surface area (Å²) in [4.78, 5) is 16.6. The van der Waals surface area contributed by atoms with Gasteiger partial charge in [-0.3, -0.25) is 0 Å². The summed E-state index contributed by atoms with van der Waals surface area (Å²) < 4.78 is 26.4. The van der Waals surface area contributed by atoms with Crippen LogP contribution in [0.25, 0.3) is 0 Å². The number of para-hydroxylation sites is 1. The number of aromatic nitrogens is 4. The van der Waals surface area contributed by atoms with Crippen molar-refractivity contribution in [3.63, 3.8) is 0 Å². The molecule has 1 aromatic carbocycles. The minimum Gasteiger partial charge on any atom is -0.384 e. The zero-order valence-electron chi connectivity index (χ0n) is 15.8. The molecule has 3 N–H and O–H groups in total. The summed E-state index contributed by atoms with van der Waals surface area (Å²) in [5.41, 5.74) is 7.18. The van der Waals surface area contributed by atoms with Gasteiger partial charge in [0.25, 0.3) is 0 Å². The van der Waals surface area contributed by atoms with Gasteiger partial charge in [-0.2, -0.15) is 0 Å². The van der Waals surface area contributed by atoms with Crippen molar-refractivity contribution in [2.75, 3.05) is 11.1 Å². The van der Waals surface area contributed by atoms with Gasteiger partial charge in [0.1, 0.15) is 12.1 Å². The summed E-state index contributed by atoms with van der Waals surface area (Å²) in [6.07, 6.45) is 8.28.